The van der Waals surface area contributed by atoms with Crippen LogP contribution in [0, 0.1) is 17.1 Å². The number of anilines is 3. The van der Waals surface area contributed by atoms with Crippen molar-refractivity contribution in [3.63, 3.8) is 0 Å². The van der Waals surface area contributed by atoms with Crippen LogP contribution in [0.25, 0.3) is 10.9 Å². The Hall–Kier alpha value is -3.65. The standard InChI is InChI=1S/C33H32ClFN4O3S2/c1-2-41-31-17-28-26(16-29(31)39-32(40)9-4-3-8-25-12-13-43-44-25)33(22(18-36)19-37-28)38-24-10-11-30(27(34)15-24)42-20-21-6-5-7-23(35)14-21/h5-7,10-11,14-17,19,25H,2-4,8-9,12-13,20H2,1H3,(H,37,38)(H,39,40). The lowest BCUT2D eigenvalue weighted by molar-refractivity contribution is -0.116. The van der Waals surface area contributed by atoms with Gasteiger partial charge in [-0.1, -0.05) is 51.7 Å². The molecule has 0 aliphatic carbocycles. The van der Waals surface area contributed by atoms with Crippen LogP contribution in [-0.2, 0) is 11.4 Å². The molecule has 4 aromatic rings. The van der Waals surface area contributed by atoms with Crippen LogP contribution in [0.15, 0.2) is 60.8 Å². The van der Waals surface area contributed by atoms with Crippen molar-refractivity contribution in [1.82, 2.24) is 4.98 Å². The van der Waals surface area contributed by atoms with Gasteiger partial charge in [0.1, 0.15) is 30.0 Å². The van der Waals surface area contributed by atoms with Gasteiger partial charge in [0.05, 0.1) is 34.1 Å². The Kier molecular flexibility index (Phi) is 11.1. The Bertz CT molecular complexity index is 1680. The van der Waals surface area contributed by atoms with E-state index in [9.17, 15) is 14.4 Å². The Balaban J connectivity index is 1.34. The molecule has 228 valence electrons. The fourth-order valence-corrected chi connectivity index (χ4v) is 8.14. The second-order valence-corrected chi connectivity index (χ2v) is 13.5. The van der Waals surface area contributed by atoms with Gasteiger partial charge in [-0.15, -0.1) is 0 Å². The van der Waals surface area contributed by atoms with Gasteiger partial charge in [-0.25, -0.2) is 4.39 Å². The molecule has 5 rings (SSSR count). The quantitative estimate of drug-likeness (QED) is 0.109. The van der Waals surface area contributed by atoms with Crippen LogP contribution < -0.4 is 20.1 Å². The fourth-order valence-electron chi connectivity index (χ4n) is 4.87. The number of carbonyl (C=O) groups excluding carboxylic acids is 1. The van der Waals surface area contributed by atoms with Gasteiger partial charge in [0.15, 0.2) is 0 Å². The normalized spacial score (nSPS) is 14.3. The summed E-state index contributed by atoms with van der Waals surface area (Å²) in [5.74, 6) is 1.74. The number of pyridine rings is 1. The minimum Gasteiger partial charge on any atom is -0.492 e. The van der Waals surface area contributed by atoms with E-state index in [4.69, 9.17) is 21.1 Å². The third kappa shape index (κ3) is 8.29. The van der Waals surface area contributed by atoms with Crippen molar-refractivity contribution in [2.75, 3.05) is 23.0 Å². The van der Waals surface area contributed by atoms with Gasteiger partial charge in [-0.3, -0.25) is 9.78 Å². The number of hydrogen-bond donors (Lipinski definition) is 2. The van der Waals surface area contributed by atoms with E-state index in [0.29, 0.717) is 73.9 Å². The molecule has 0 spiro atoms. The summed E-state index contributed by atoms with van der Waals surface area (Å²) in [5.41, 5.74) is 3.27. The molecule has 11 heteroatoms. The molecule has 2 N–H and O–H groups in total. The number of fused-ring (bicyclic) bond motifs is 1. The van der Waals surface area contributed by atoms with Crippen LogP contribution in [0.4, 0.5) is 21.5 Å². The number of amides is 1. The Morgan fingerprint density at radius 3 is 2.80 bits per heavy atom. The number of rotatable bonds is 13. The predicted molar refractivity (Wildman–Crippen MR) is 179 cm³/mol. The van der Waals surface area contributed by atoms with Crippen molar-refractivity contribution >= 4 is 67.1 Å². The summed E-state index contributed by atoms with van der Waals surface area (Å²) in [6.45, 7) is 2.45. The highest BCUT2D eigenvalue weighted by Gasteiger charge is 2.18. The number of hydrogen-bond acceptors (Lipinski definition) is 8. The number of nitrogens with one attached hydrogen (secondary N) is 2. The molecule has 1 fully saturated rings. The summed E-state index contributed by atoms with van der Waals surface area (Å²) in [6.07, 6.45) is 6.13. The second kappa shape index (κ2) is 15.4. The summed E-state index contributed by atoms with van der Waals surface area (Å²) in [4.78, 5) is 17.4. The van der Waals surface area contributed by atoms with Gasteiger partial charge >= 0.3 is 0 Å². The largest absolute Gasteiger partial charge is 0.492 e. The van der Waals surface area contributed by atoms with Crippen molar-refractivity contribution in [2.24, 2.45) is 0 Å². The van der Waals surface area contributed by atoms with E-state index in [1.165, 1.54) is 30.5 Å². The van der Waals surface area contributed by atoms with Crippen LogP contribution in [0.3, 0.4) is 0 Å². The Morgan fingerprint density at radius 1 is 1.16 bits per heavy atom. The summed E-state index contributed by atoms with van der Waals surface area (Å²) in [5, 5.41) is 17.9. The first-order chi connectivity index (χ1) is 21.4. The number of nitrogens with zero attached hydrogens (tertiary/aromatic N) is 2. The lowest BCUT2D eigenvalue weighted by Crippen LogP contribution is -2.13. The Labute approximate surface area is 269 Å². The number of nitriles is 1. The molecule has 1 atom stereocenters. The van der Waals surface area contributed by atoms with Gasteiger partial charge in [-0.05, 0) is 68.1 Å². The zero-order valence-corrected chi connectivity index (χ0v) is 26.6. The third-order valence-corrected chi connectivity index (χ3v) is 10.4. The molecule has 0 radical (unpaired) electrons. The smallest absolute Gasteiger partial charge is 0.224 e. The fraction of sp³-hybridized carbons (Fsp3) is 0.303. The molecule has 1 amide bonds. The molecule has 2 heterocycles. The first-order valence-corrected chi connectivity index (χ1v) is 17.2. The van der Waals surface area contributed by atoms with Crippen LogP contribution in [-0.4, -0.2) is 28.5 Å². The van der Waals surface area contributed by atoms with Crippen LogP contribution in [0.2, 0.25) is 5.02 Å². The molecule has 1 unspecified atom stereocenters. The van der Waals surface area contributed by atoms with Crippen molar-refractivity contribution in [3.8, 4) is 17.6 Å². The van der Waals surface area contributed by atoms with Gasteiger partial charge in [-0.2, -0.15) is 5.26 Å². The molecule has 3 aromatic carbocycles. The van der Waals surface area contributed by atoms with E-state index in [1.807, 2.05) is 28.5 Å². The number of carbonyl (C=O) groups is 1. The zero-order valence-electron chi connectivity index (χ0n) is 24.2. The lowest BCUT2D eigenvalue weighted by Gasteiger charge is -2.17. The first-order valence-electron chi connectivity index (χ1n) is 14.4. The zero-order chi connectivity index (χ0) is 30.9. The molecule has 1 aromatic heterocycles. The lowest BCUT2D eigenvalue weighted by atomic mass is 10.1. The van der Waals surface area contributed by atoms with Crippen LogP contribution in [0.5, 0.6) is 11.5 Å². The highest BCUT2D eigenvalue weighted by molar-refractivity contribution is 8.77. The van der Waals surface area contributed by atoms with Gasteiger partial charge in [0.25, 0.3) is 0 Å². The second-order valence-electron chi connectivity index (χ2n) is 10.3. The van der Waals surface area contributed by atoms with Gasteiger partial charge < -0.3 is 20.1 Å². The molecule has 0 saturated carbocycles. The van der Waals surface area contributed by atoms with Gasteiger partial charge in [0.2, 0.25) is 5.91 Å². The van der Waals surface area contributed by atoms with Crippen LogP contribution >= 0.6 is 33.2 Å². The first kappa shape index (κ1) is 31.8. The predicted octanol–water partition coefficient (Wildman–Crippen LogP) is 9.27. The average Bonchev–Trinajstić information content (AvgIpc) is 3.53. The summed E-state index contributed by atoms with van der Waals surface area (Å²) in [6, 6.07) is 17.1. The van der Waals surface area contributed by atoms with Crippen molar-refractivity contribution in [3.05, 3.63) is 82.8 Å². The van der Waals surface area contributed by atoms with E-state index >= 15 is 0 Å². The molecular weight excluding hydrogens is 619 g/mol. The average molecular weight is 651 g/mol. The topological polar surface area (TPSA) is 96.3 Å². The highest BCUT2D eigenvalue weighted by Crippen LogP contribution is 2.40. The number of benzene rings is 3. The van der Waals surface area contributed by atoms with Gasteiger partial charge in [0, 0.05) is 40.8 Å². The highest BCUT2D eigenvalue weighted by atomic mass is 35.5. The summed E-state index contributed by atoms with van der Waals surface area (Å²) < 4.78 is 25.2. The SMILES string of the molecule is CCOc1cc2ncc(C#N)c(Nc3ccc(OCc4cccc(F)c4)c(Cl)c3)c2cc1NC(=O)CCCCC1CCSS1. The number of halogens is 2. The van der Waals surface area contributed by atoms with E-state index in [1.54, 1.807) is 42.5 Å². The van der Waals surface area contributed by atoms with E-state index in [-0.39, 0.29) is 18.3 Å². The molecule has 1 aliphatic heterocycles. The number of ether oxygens (including phenoxy) is 2. The maximum atomic E-state index is 13.5. The van der Waals surface area contributed by atoms with Crippen molar-refractivity contribution < 1.29 is 18.7 Å². The van der Waals surface area contributed by atoms with E-state index < -0.39 is 0 Å². The number of aromatic nitrogens is 1. The van der Waals surface area contributed by atoms with E-state index in [2.05, 4.69) is 21.7 Å². The van der Waals surface area contributed by atoms with Crippen LogP contribution in [0.1, 0.15) is 50.2 Å². The molecule has 0 bridgehead atoms. The Morgan fingerprint density at radius 2 is 2.05 bits per heavy atom. The monoisotopic (exact) mass is 650 g/mol. The third-order valence-electron chi connectivity index (χ3n) is 7.06. The minimum atomic E-state index is -0.334. The van der Waals surface area contributed by atoms with Crippen molar-refractivity contribution in [1.29, 1.82) is 5.26 Å². The van der Waals surface area contributed by atoms with E-state index in [0.717, 1.165) is 19.3 Å². The molecule has 44 heavy (non-hydrogen) atoms. The maximum absolute atomic E-state index is 13.5. The maximum Gasteiger partial charge on any atom is 0.224 e. The molecular formula is C33H32ClFN4O3S2. The molecule has 1 saturated heterocycles. The molecule has 7 nitrogen and oxygen atoms in total. The minimum absolute atomic E-state index is 0.0849. The summed E-state index contributed by atoms with van der Waals surface area (Å²) >= 11 is 6.53. The summed E-state index contributed by atoms with van der Waals surface area (Å²) in [7, 11) is 3.89. The van der Waals surface area contributed by atoms with Crippen molar-refractivity contribution in [2.45, 2.75) is 50.9 Å². The molecule has 1 aliphatic rings. The number of unbranched alkanes of at least 4 members (excludes halogenated alkanes) is 1.